The molecular weight excluding hydrogens is 473 g/mol. The van der Waals surface area contributed by atoms with Crippen LogP contribution in [-0.4, -0.2) is 39.4 Å². The first-order valence-corrected chi connectivity index (χ1v) is 11.3. The smallest absolute Gasteiger partial charge is 0.234 e. The predicted molar refractivity (Wildman–Crippen MR) is 125 cm³/mol. The molecule has 2 aromatic carbocycles. The quantitative estimate of drug-likeness (QED) is 0.440. The fourth-order valence-corrected chi connectivity index (χ4v) is 3.72. The van der Waals surface area contributed by atoms with Crippen molar-refractivity contribution in [2.45, 2.75) is 18.1 Å². The van der Waals surface area contributed by atoms with Crippen LogP contribution in [0, 0.1) is 0 Å². The molecule has 0 fully saturated rings. The minimum Gasteiger partial charge on any atom is -0.497 e. The molecule has 168 valence electrons. The first-order valence-electron chi connectivity index (χ1n) is 9.51. The highest BCUT2D eigenvalue weighted by atomic mass is 35.5. The number of carbonyl (C=O) groups is 2. The van der Waals surface area contributed by atoms with Crippen molar-refractivity contribution in [2.24, 2.45) is 7.05 Å². The van der Waals surface area contributed by atoms with Crippen LogP contribution in [0.25, 0.3) is 0 Å². The van der Waals surface area contributed by atoms with Crippen LogP contribution in [0.4, 0.5) is 5.69 Å². The van der Waals surface area contributed by atoms with Gasteiger partial charge in [0.25, 0.3) is 0 Å². The summed E-state index contributed by atoms with van der Waals surface area (Å²) in [5.74, 6) is 1.11. The molecular formula is C21H21Cl2N5O3S. The number of methoxy groups -OCH3 is 1. The van der Waals surface area contributed by atoms with Crippen LogP contribution >= 0.6 is 35.0 Å². The Bertz CT molecular complexity index is 1110. The summed E-state index contributed by atoms with van der Waals surface area (Å²) in [6, 6.07) is 12.2. The van der Waals surface area contributed by atoms with Gasteiger partial charge in [-0.3, -0.25) is 9.59 Å². The SMILES string of the molecule is COc1ccc(CC(=O)NCc2nnc(SCC(=O)Nc3ccc(Cl)c(Cl)c3)n2C)cc1. The third kappa shape index (κ3) is 6.62. The Morgan fingerprint density at radius 2 is 1.81 bits per heavy atom. The number of thioether (sulfide) groups is 1. The lowest BCUT2D eigenvalue weighted by atomic mass is 10.1. The molecule has 0 unspecified atom stereocenters. The summed E-state index contributed by atoms with van der Waals surface area (Å²) in [4.78, 5) is 24.4. The molecule has 0 bridgehead atoms. The van der Waals surface area contributed by atoms with Crippen LogP contribution in [0.3, 0.4) is 0 Å². The maximum atomic E-state index is 12.2. The van der Waals surface area contributed by atoms with E-state index in [9.17, 15) is 9.59 Å². The molecule has 3 rings (SSSR count). The number of halogens is 2. The van der Waals surface area contributed by atoms with Crippen molar-refractivity contribution < 1.29 is 14.3 Å². The third-order valence-corrected chi connectivity index (χ3v) is 6.19. The average molecular weight is 494 g/mol. The molecule has 8 nitrogen and oxygen atoms in total. The average Bonchev–Trinajstić information content (AvgIpc) is 3.13. The number of aromatic nitrogens is 3. The number of nitrogens with one attached hydrogen (secondary N) is 2. The van der Waals surface area contributed by atoms with Gasteiger partial charge in [-0.05, 0) is 35.9 Å². The van der Waals surface area contributed by atoms with Crippen LogP contribution in [0.5, 0.6) is 5.75 Å². The van der Waals surface area contributed by atoms with Crippen molar-refractivity contribution in [3.63, 3.8) is 0 Å². The minimum absolute atomic E-state index is 0.131. The van der Waals surface area contributed by atoms with E-state index in [1.165, 1.54) is 11.8 Å². The Labute approximate surface area is 199 Å². The normalized spacial score (nSPS) is 10.6. The van der Waals surface area contributed by atoms with Crippen molar-refractivity contribution in [3.05, 3.63) is 63.9 Å². The molecule has 0 saturated carbocycles. The lowest BCUT2D eigenvalue weighted by Crippen LogP contribution is -2.26. The van der Waals surface area contributed by atoms with Crippen molar-refractivity contribution in [1.29, 1.82) is 0 Å². The van der Waals surface area contributed by atoms with Gasteiger partial charge in [0.15, 0.2) is 11.0 Å². The highest BCUT2D eigenvalue weighted by Crippen LogP contribution is 2.25. The predicted octanol–water partition coefficient (Wildman–Crippen LogP) is 3.72. The summed E-state index contributed by atoms with van der Waals surface area (Å²) in [5.41, 5.74) is 1.44. The molecule has 3 aromatic rings. The van der Waals surface area contributed by atoms with Crippen molar-refractivity contribution >= 4 is 52.5 Å². The minimum atomic E-state index is -0.217. The van der Waals surface area contributed by atoms with Crippen molar-refractivity contribution in [2.75, 3.05) is 18.2 Å². The maximum Gasteiger partial charge on any atom is 0.234 e. The standard InChI is InChI=1S/C21H21Cl2N5O3S/c1-28-18(11-24-19(29)9-13-3-6-15(31-2)7-4-13)26-27-21(28)32-12-20(30)25-14-5-8-16(22)17(23)10-14/h3-8,10H,9,11-12H2,1-2H3,(H,24,29)(H,25,30). The second kappa shape index (κ2) is 11.2. The van der Waals surface area contributed by atoms with Crippen LogP contribution < -0.4 is 15.4 Å². The maximum absolute atomic E-state index is 12.2. The molecule has 0 aliphatic heterocycles. The summed E-state index contributed by atoms with van der Waals surface area (Å²) in [7, 11) is 3.38. The van der Waals surface area contributed by atoms with Gasteiger partial charge in [0.2, 0.25) is 11.8 Å². The van der Waals surface area contributed by atoms with Gasteiger partial charge in [0.05, 0.1) is 35.9 Å². The van der Waals surface area contributed by atoms with E-state index in [4.69, 9.17) is 27.9 Å². The Kier molecular flexibility index (Phi) is 8.38. The van der Waals surface area contributed by atoms with Gasteiger partial charge >= 0.3 is 0 Å². The summed E-state index contributed by atoms with van der Waals surface area (Å²) in [6.45, 7) is 0.231. The van der Waals surface area contributed by atoms with E-state index in [1.54, 1.807) is 36.9 Å². The molecule has 1 aromatic heterocycles. The number of rotatable bonds is 9. The first kappa shape index (κ1) is 23.9. The lowest BCUT2D eigenvalue weighted by Gasteiger charge is -2.07. The molecule has 2 N–H and O–H groups in total. The monoisotopic (exact) mass is 493 g/mol. The fourth-order valence-electron chi connectivity index (χ4n) is 2.69. The van der Waals surface area contributed by atoms with Crippen molar-refractivity contribution in [1.82, 2.24) is 20.1 Å². The molecule has 0 saturated heterocycles. The van der Waals surface area contributed by atoms with E-state index in [0.717, 1.165) is 11.3 Å². The van der Waals surface area contributed by atoms with E-state index in [1.807, 2.05) is 24.3 Å². The van der Waals surface area contributed by atoms with Gasteiger partial charge in [0.1, 0.15) is 5.75 Å². The van der Waals surface area contributed by atoms with Crippen LogP contribution in [0.15, 0.2) is 47.6 Å². The summed E-state index contributed by atoms with van der Waals surface area (Å²) in [5, 5.41) is 15.1. The zero-order valence-electron chi connectivity index (χ0n) is 17.4. The first-order chi connectivity index (χ1) is 15.4. The number of benzene rings is 2. The summed E-state index contributed by atoms with van der Waals surface area (Å²) in [6.07, 6.45) is 0.248. The molecule has 0 spiro atoms. The fraction of sp³-hybridized carbons (Fsp3) is 0.238. The second-order valence-corrected chi connectivity index (χ2v) is 8.48. The lowest BCUT2D eigenvalue weighted by molar-refractivity contribution is -0.120. The van der Waals surface area contributed by atoms with E-state index in [-0.39, 0.29) is 30.5 Å². The van der Waals surface area contributed by atoms with Gasteiger partial charge in [-0.25, -0.2) is 0 Å². The Morgan fingerprint density at radius 1 is 1.06 bits per heavy atom. The molecule has 1 heterocycles. The zero-order valence-corrected chi connectivity index (χ0v) is 19.7. The second-order valence-electron chi connectivity index (χ2n) is 6.73. The molecule has 11 heteroatoms. The number of amides is 2. The molecule has 0 aliphatic carbocycles. The van der Waals surface area contributed by atoms with E-state index >= 15 is 0 Å². The topological polar surface area (TPSA) is 98.1 Å². The zero-order chi connectivity index (χ0) is 23.1. The number of hydrogen-bond donors (Lipinski definition) is 2. The molecule has 0 atom stereocenters. The Balaban J connectivity index is 1.47. The number of ether oxygens (including phenoxy) is 1. The van der Waals surface area contributed by atoms with Gasteiger partial charge in [-0.1, -0.05) is 47.1 Å². The number of anilines is 1. The van der Waals surface area contributed by atoms with Gasteiger partial charge < -0.3 is 19.9 Å². The third-order valence-electron chi connectivity index (χ3n) is 4.43. The largest absolute Gasteiger partial charge is 0.497 e. The van der Waals surface area contributed by atoms with E-state index < -0.39 is 0 Å². The molecule has 32 heavy (non-hydrogen) atoms. The number of carbonyl (C=O) groups excluding carboxylic acids is 2. The molecule has 0 aliphatic rings. The van der Waals surface area contributed by atoms with E-state index in [2.05, 4.69) is 20.8 Å². The van der Waals surface area contributed by atoms with Gasteiger partial charge in [-0.2, -0.15) is 0 Å². The molecule has 0 radical (unpaired) electrons. The number of hydrogen-bond acceptors (Lipinski definition) is 6. The van der Waals surface area contributed by atoms with E-state index in [0.29, 0.717) is 26.7 Å². The Hall–Kier alpha value is -2.75. The summed E-state index contributed by atoms with van der Waals surface area (Å²) < 4.78 is 6.85. The highest BCUT2D eigenvalue weighted by molar-refractivity contribution is 7.99. The van der Waals surface area contributed by atoms with Crippen LogP contribution in [0.2, 0.25) is 10.0 Å². The van der Waals surface area contributed by atoms with Gasteiger partial charge in [-0.15, -0.1) is 10.2 Å². The van der Waals surface area contributed by atoms with Crippen molar-refractivity contribution in [3.8, 4) is 5.75 Å². The highest BCUT2D eigenvalue weighted by Gasteiger charge is 2.13. The van der Waals surface area contributed by atoms with Gasteiger partial charge in [0, 0.05) is 12.7 Å². The molecule has 2 amide bonds. The summed E-state index contributed by atoms with van der Waals surface area (Å²) >= 11 is 13.1. The van der Waals surface area contributed by atoms with Crippen LogP contribution in [0.1, 0.15) is 11.4 Å². The Morgan fingerprint density at radius 3 is 2.50 bits per heavy atom. The number of nitrogens with zero attached hydrogens (tertiary/aromatic N) is 3. The van der Waals surface area contributed by atoms with Crippen LogP contribution in [-0.2, 0) is 29.6 Å².